The average molecular weight is 167 g/mol. The van der Waals surface area contributed by atoms with Crippen LogP contribution in [0.25, 0.3) is 0 Å². The summed E-state index contributed by atoms with van der Waals surface area (Å²) < 4.78 is 4.97. The van der Waals surface area contributed by atoms with Gasteiger partial charge in [-0.2, -0.15) is 0 Å². The molecule has 12 heavy (non-hydrogen) atoms. The molecule has 0 radical (unpaired) electrons. The van der Waals surface area contributed by atoms with E-state index < -0.39 is 0 Å². The molecule has 1 rings (SSSR count). The molecule has 0 aliphatic rings. The van der Waals surface area contributed by atoms with Crippen LogP contribution < -0.4 is 5.73 Å². The van der Waals surface area contributed by atoms with Crippen LogP contribution in [-0.4, -0.2) is 6.04 Å². The van der Waals surface area contributed by atoms with E-state index in [0.29, 0.717) is 12.0 Å². The first-order chi connectivity index (χ1) is 5.70. The van der Waals surface area contributed by atoms with Gasteiger partial charge in [0.25, 0.3) is 0 Å². The van der Waals surface area contributed by atoms with Gasteiger partial charge in [-0.25, -0.2) is 0 Å². The topological polar surface area (TPSA) is 39.2 Å². The third-order valence-electron chi connectivity index (χ3n) is 2.20. The molecule has 2 heteroatoms. The Morgan fingerprint density at radius 3 is 2.75 bits per heavy atom. The lowest BCUT2D eigenvalue weighted by molar-refractivity contribution is 0.463. The van der Waals surface area contributed by atoms with Crippen LogP contribution in [0.1, 0.15) is 25.8 Å². The molecular formula is C10H17NO. The van der Waals surface area contributed by atoms with Crippen molar-refractivity contribution in [1.82, 2.24) is 0 Å². The lowest BCUT2D eigenvalue weighted by Gasteiger charge is -2.14. The van der Waals surface area contributed by atoms with Crippen molar-refractivity contribution in [2.75, 3.05) is 0 Å². The Balaban J connectivity index is 2.27. The largest absolute Gasteiger partial charge is 0.472 e. The van der Waals surface area contributed by atoms with Gasteiger partial charge in [-0.3, -0.25) is 0 Å². The van der Waals surface area contributed by atoms with E-state index in [9.17, 15) is 0 Å². The lowest BCUT2D eigenvalue weighted by Crippen LogP contribution is -2.26. The molecule has 0 spiro atoms. The van der Waals surface area contributed by atoms with E-state index in [-0.39, 0.29) is 0 Å². The summed E-state index contributed by atoms with van der Waals surface area (Å²) in [6.07, 6.45) is 5.55. The predicted octanol–water partition coefficient (Wildman–Crippen LogP) is 2.20. The van der Waals surface area contributed by atoms with Crippen molar-refractivity contribution in [3.05, 3.63) is 24.2 Å². The van der Waals surface area contributed by atoms with E-state index in [1.54, 1.807) is 12.5 Å². The highest BCUT2D eigenvalue weighted by atomic mass is 16.3. The quantitative estimate of drug-likeness (QED) is 0.746. The molecule has 0 saturated carbocycles. The van der Waals surface area contributed by atoms with Crippen LogP contribution in [0, 0.1) is 5.92 Å². The summed E-state index contributed by atoms with van der Waals surface area (Å²) in [6, 6.07) is 2.30. The van der Waals surface area contributed by atoms with Crippen molar-refractivity contribution < 1.29 is 4.42 Å². The minimum Gasteiger partial charge on any atom is -0.472 e. The molecule has 0 fully saturated rings. The van der Waals surface area contributed by atoms with E-state index in [2.05, 4.69) is 13.8 Å². The third-order valence-corrected chi connectivity index (χ3v) is 2.20. The smallest absolute Gasteiger partial charge is 0.0934 e. The maximum Gasteiger partial charge on any atom is 0.0934 e. The van der Waals surface area contributed by atoms with Gasteiger partial charge in [0.2, 0.25) is 0 Å². The molecule has 1 aromatic rings. The summed E-state index contributed by atoms with van der Waals surface area (Å²) in [4.78, 5) is 0. The number of aryl methyl sites for hydroxylation is 1. The highest BCUT2D eigenvalue weighted by molar-refractivity contribution is 5.05. The zero-order valence-corrected chi connectivity index (χ0v) is 7.79. The van der Waals surface area contributed by atoms with Gasteiger partial charge >= 0.3 is 0 Å². The van der Waals surface area contributed by atoms with E-state index in [0.717, 1.165) is 12.8 Å². The van der Waals surface area contributed by atoms with Crippen molar-refractivity contribution in [2.24, 2.45) is 11.7 Å². The molecule has 0 amide bonds. The summed E-state index contributed by atoms with van der Waals surface area (Å²) in [5, 5.41) is 0. The van der Waals surface area contributed by atoms with Gasteiger partial charge in [0.15, 0.2) is 0 Å². The molecule has 0 saturated heterocycles. The van der Waals surface area contributed by atoms with E-state index >= 15 is 0 Å². The number of furan rings is 1. The van der Waals surface area contributed by atoms with Gasteiger partial charge in [0.05, 0.1) is 12.5 Å². The fourth-order valence-electron chi connectivity index (χ4n) is 1.10. The molecular weight excluding hydrogens is 150 g/mol. The Bertz CT molecular complexity index is 204. The van der Waals surface area contributed by atoms with Crippen LogP contribution in [0.4, 0.5) is 0 Å². The minimum atomic E-state index is 0.305. The normalized spacial score (nSPS) is 13.7. The molecule has 0 aliphatic carbocycles. The molecule has 1 atom stereocenters. The first-order valence-corrected chi connectivity index (χ1v) is 4.47. The second-order valence-electron chi connectivity index (χ2n) is 3.58. The lowest BCUT2D eigenvalue weighted by atomic mass is 9.99. The highest BCUT2D eigenvalue weighted by Gasteiger charge is 2.07. The van der Waals surface area contributed by atoms with Crippen LogP contribution in [-0.2, 0) is 6.42 Å². The van der Waals surface area contributed by atoms with Crippen molar-refractivity contribution in [3.8, 4) is 0 Å². The monoisotopic (exact) mass is 167 g/mol. The summed E-state index contributed by atoms with van der Waals surface area (Å²) in [7, 11) is 0. The summed E-state index contributed by atoms with van der Waals surface area (Å²) >= 11 is 0. The number of hydrogen-bond donors (Lipinski definition) is 1. The number of nitrogens with two attached hydrogens (primary N) is 1. The molecule has 0 bridgehead atoms. The van der Waals surface area contributed by atoms with Crippen LogP contribution in [0.2, 0.25) is 0 Å². The van der Waals surface area contributed by atoms with Crippen molar-refractivity contribution in [1.29, 1.82) is 0 Å². The van der Waals surface area contributed by atoms with Crippen molar-refractivity contribution >= 4 is 0 Å². The Morgan fingerprint density at radius 2 is 2.25 bits per heavy atom. The molecule has 2 nitrogen and oxygen atoms in total. The maximum absolute atomic E-state index is 5.90. The predicted molar refractivity (Wildman–Crippen MR) is 49.8 cm³/mol. The molecule has 1 aromatic heterocycles. The molecule has 1 heterocycles. The summed E-state index contributed by atoms with van der Waals surface area (Å²) in [6.45, 7) is 4.31. The van der Waals surface area contributed by atoms with Crippen LogP contribution in [0.5, 0.6) is 0 Å². The summed E-state index contributed by atoms with van der Waals surface area (Å²) in [5.41, 5.74) is 7.14. The van der Waals surface area contributed by atoms with Gasteiger partial charge in [-0.1, -0.05) is 13.8 Å². The fraction of sp³-hybridized carbons (Fsp3) is 0.600. The van der Waals surface area contributed by atoms with Gasteiger partial charge < -0.3 is 10.2 Å². The summed E-state index contributed by atoms with van der Waals surface area (Å²) in [5.74, 6) is 0.567. The van der Waals surface area contributed by atoms with Gasteiger partial charge in [-0.05, 0) is 30.4 Å². The second-order valence-corrected chi connectivity index (χ2v) is 3.58. The van der Waals surface area contributed by atoms with E-state index in [1.165, 1.54) is 5.56 Å². The highest BCUT2D eigenvalue weighted by Crippen LogP contribution is 2.09. The van der Waals surface area contributed by atoms with Gasteiger partial charge in [0.1, 0.15) is 0 Å². The zero-order chi connectivity index (χ0) is 8.97. The average Bonchev–Trinajstić information content (AvgIpc) is 2.51. The Kier molecular flexibility index (Phi) is 3.35. The van der Waals surface area contributed by atoms with Crippen molar-refractivity contribution in [2.45, 2.75) is 32.7 Å². The zero-order valence-electron chi connectivity index (χ0n) is 7.79. The van der Waals surface area contributed by atoms with Crippen molar-refractivity contribution in [3.63, 3.8) is 0 Å². The first kappa shape index (κ1) is 9.33. The Morgan fingerprint density at radius 1 is 1.50 bits per heavy atom. The second kappa shape index (κ2) is 4.31. The fourth-order valence-corrected chi connectivity index (χ4v) is 1.10. The van der Waals surface area contributed by atoms with Crippen LogP contribution in [0.3, 0.4) is 0 Å². The van der Waals surface area contributed by atoms with Gasteiger partial charge in [-0.15, -0.1) is 0 Å². The van der Waals surface area contributed by atoms with Crippen LogP contribution >= 0.6 is 0 Å². The number of hydrogen-bond acceptors (Lipinski definition) is 2. The Hall–Kier alpha value is -0.760. The molecule has 2 N–H and O–H groups in total. The van der Waals surface area contributed by atoms with E-state index in [1.807, 2.05) is 6.07 Å². The molecule has 68 valence electrons. The molecule has 1 unspecified atom stereocenters. The molecule has 0 aliphatic heterocycles. The standard InChI is InChI=1S/C10H17NO/c1-8(2)10(11)4-3-9-5-6-12-7-9/h5-8,10H,3-4,11H2,1-2H3. The van der Waals surface area contributed by atoms with Crippen LogP contribution in [0.15, 0.2) is 23.0 Å². The maximum atomic E-state index is 5.90. The first-order valence-electron chi connectivity index (χ1n) is 4.47. The molecule has 0 aromatic carbocycles. The van der Waals surface area contributed by atoms with E-state index in [4.69, 9.17) is 10.2 Å². The number of rotatable bonds is 4. The minimum absolute atomic E-state index is 0.305. The van der Waals surface area contributed by atoms with Gasteiger partial charge in [0, 0.05) is 6.04 Å². The third kappa shape index (κ3) is 2.70. The Labute approximate surface area is 73.8 Å². The SMILES string of the molecule is CC(C)C(N)CCc1ccoc1.